The molecular weight excluding hydrogens is 388 g/mol. The fourth-order valence-electron chi connectivity index (χ4n) is 3.54. The Morgan fingerprint density at radius 2 is 1.90 bits per heavy atom. The molecule has 0 radical (unpaired) electrons. The Bertz CT molecular complexity index is 1010. The van der Waals surface area contributed by atoms with Crippen LogP contribution in [0.4, 0.5) is 0 Å². The zero-order valence-electron chi connectivity index (χ0n) is 16.5. The minimum absolute atomic E-state index is 0.143. The number of carbonyl (C=O) groups is 1. The second-order valence-electron chi connectivity index (χ2n) is 7.23. The highest BCUT2D eigenvalue weighted by Crippen LogP contribution is 2.20. The number of carbonyl (C=O) groups excluding carboxylic acids is 1. The fraction of sp³-hybridized carbons (Fsp3) is 0.333. The van der Waals surface area contributed by atoms with Gasteiger partial charge in [-0.1, -0.05) is 17.7 Å². The Labute approximate surface area is 174 Å². The topological polar surface area (TPSA) is 67.2 Å². The van der Waals surface area contributed by atoms with E-state index in [9.17, 15) is 4.79 Å². The van der Waals surface area contributed by atoms with Crippen molar-refractivity contribution in [2.45, 2.75) is 20.4 Å². The van der Waals surface area contributed by atoms with Crippen LogP contribution in [0, 0.1) is 13.8 Å². The molecule has 0 N–H and O–H groups in total. The molecule has 0 atom stereocenters. The lowest BCUT2D eigenvalue weighted by Gasteiger charge is -2.34. The van der Waals surface area contributed by atoms with Crippen LogP contribution in [-0.4, -0.2) is 61.6 Å². The van der Waals surface area contributed by atoms with E-state index >= 15 is 0 Å². The molecule has 29 heavy (non-hydrogen) atoms. The molecular formula is C21H23ClN6O. The van der Waals surface area contributed by atoms with Gasteiger partial charge in [-0.05, 0) is 44.2 Å². The van der Waals surface area contributed by atoms with Gasteiger partial charge in [0.25, 0.3) is 5.91 Å². The number of amides is 1. The molecule has 8 heteroatoms. The van der Waals surface area contributed by atoms with Gasteiger partial charge in [0.1, 0.15) is 5.69 Å². The number of piperazine rings is 1. The van der Waals surface area contributed by atoms with E-state index in [0.29, 0.717) is 23.9 Å². The molecule has 7 nitrogen and oxygen atoms in total. The van der Waals surface area contributed by atoms with Gasteiger partial charge in [-0.3, -0.25) is 14.7 Å². The molecule has 0 aromatic carbocycles. The standard InChI is InChI=1S/C21H23ClN6O/c1-15-13-16(2)28(25-15)19-7-6-18(22)20(24-19)21(29)27-11-9-26(10-12-27)14-17-5-3-4-8-23-17/h3-8,13H,9-12,14H2,1-2H3. The predicted octanol–water partition coefficient (Wildman–Crippen LogP) is 2.89. The van der Waals surface area contributed by atoms with Gasteiger partial charge in [-0.25, -0.2) is 9.67 Å². The Morgan fingerprint density at radius 3 is 2.55 bits per heavy atom. The number of halogens is 1. The SMILES string of the molecule is Cc1cc(C)n(-c2ccc(Cl)c(C(=O)N3CCN(Cc4ccccn4)CC3)n2)n1. The summed E-state index contributed by atoms with van der Waals surface area (Å²) in [6.07, 6.45) is 1.80. The molecule has 0 spiro atoms. The van der Waals surface area contributed by atoms with E-state index in [1.165, 1.54) is 0 Å². The molecule has 150 valence electrons. The van der Waals surface area contributed by atoms with Crippen LogP contribution in [-0.2, 0) is 6.54 Å². The van der Waals surface area contributed by atoms with Gasteiger partial charge in [0.15, 0.2) is 5.82 Å². The molecule has 0 saturated carbocycles. The highest BCUT2D eigenvalue weighted by atomic mass is 35.5. The van der Waals surface area contributed by atoms with Crippen LogP contribution in [0.25, 0.3) is 5.82 Å². The molecule has 0 unspecified atom stereocenters. The lowest BCUT2D eigenvalue weighted by molar-refractivity contribution is 0.0621. The number of hydrogen-bond acceptors (Lipinski definition) is 5. The molecule has 3 aromatic rings. The molecule has 3 aromatic heterocycles. The average Bonchev–Trinajstić information content (AvgIpc) is 3.07. The fourth-order valence-corrected chi connectivity index (χ4v) is 3.73. The molecule has 1 aliphatic heterocycles. The Morgan fingerprint density at radius 1 is 1.10 bits per heavy atom. The smallest absolute Gasteiger partial charge is 0.274 e. The van der Waals surface area contributed by atoms with Crippen molar-refractivity contribution in [3.05, 3.63) is 70.4 Å². The van der Waals surface area contributed by atoms with Gasteiger partial charge >= 0.3 is 0 Å². The van der Waals surface area contributed by atoms with Crippen LogP contribution < -0.4 is 0 Å². The lowest BCUT2D eigenvalue weighted by Crippen LogP contribution is -2.48. The van der Waals surface area contributed by atoms with Crippen molar-refractivity contribution >= 4 is 17.5 Å². The summed E-state index contributed by atoms with van der Waals surface area (Å²) >= 11 is 6.32. The van der Waals surface area contributed by atoms with Crippen molar-refractivity contribution in [1.82, 2.24) is 29.5 Å². The maximum absolute atomic E-state index is 13.1. The lowest BCUT2D eigenvalue weighted by atomic mass is 10.2. The number of rotatable bonds is 4. The summed E-state index contributed by atoms with van der Waals surface area (Å²) < 4.78 is 1.73. The van der Waals surface area contributed by atoms with Crippen molar-refractivity contribution in [1.29, 1.82) is 0 Å². The zero-order chi connectivity index (χ0) is 20.4. The number of pyridine rings is 2. The van der Waals surface area contributed by atoms with Crippen molar-refractivity contribution in [2.24, 2.45) is 0 Å². The van der Waals surface area contributed by atoms with Crippen molar-refractivity contribution in [3.63, 3.8) is 0 Å². The third kappa shape index (κ3) is 4.31. The van der Waals surface area contributed by atoms with Crippen LogP contribution >= 0.6 is 11.6 Å². The molecule has 4 rings (SSSR count). The first-order chi connectivity index (χ1) is 14.0. The van der Waals surface area contributed by atoms with E-state index in [1.54, 1.807) is 23.0 Å². The summed E-state index contributed by atoms with van der Waals surface area (Å²) in [4.78, 5) is 26.1. The van der Waals surface area contributed by atoms with E-state index in [2.05, 4.69) is 20.0 Å². The van der Waals surface area contributed by atoms with Crippen LogP contribution in [0.2, 0.25) is 5.02 Å². The third-order valence-electron chi connectivity index (χ3n) is 5.03. The van der Waals surface area contributed by atoms with Crippen molar-refractivity contribution in [2.75, 3.05) is 26.2 Å². The normalized spacial score (nSPS) is 14.9. The average molecular weight is 411 g/mol. The maximum Gasteiger partial charge on any atom is 0.274 e. The Hall–Kier alpha value is -2.77. The van der Waals surface area contributed by atoms with E-state index in [-0.39, 0.29) is 11.6 Å². The largest absolute Gasteiger partial charge is 0.335 e. The van der Waals surface area contributed by atoms with Crippen molar-refractivity contribution in [3.8, 4) is 5.82 Å². The Balaban J connectivity index is 1.46. The second-order valence-corrected chi connectivity index (χ2v) is 7.64. The summed E-state index contributed by atoms with van der Waals surface area (Å²) in [5, 5.41) is 4.80. The van der Waals surface area contributed by atoms with Gasteiger partial charge in [0, 0.05) is 44.6 Å². The van der Waals surface area contributed by atoms with Crippen LogP contribution in [0.5, 0.6) is 0 Å². The first-order valence-corrected chi connectivity index (χ1v) is 10.0. The summed E-state index contributed by atoms with van der Waals surface area (Å²) in [6, 6.07) is 11.4. The van der Waals surface area contributed by atoms with E-state index in [4.69, 9.17) is 11.6 Å². The summed E-state index contributed by atoms with van der Waals surface area (Å²) in [5.74, 6) is 0.452. The molecule has 4 heterocycles. The van der Waals surface area contributed by atoms with Crippen LogP contribution in [0.3, 0.4) is 0 Å². The van der Waals surface area contributed by atoms with Gasteiger partial charge in [-0.15, -0.1) is 0 Å². The highest BCUT2D eigenvalue weighted by Gasteiger charge is 2.25. The Kier molecular flexibility index (Phi) is 5.60. The quantitative estimate of drug-likeness (QED) is 0.661. The van der Waals surface area contributed by atoms with Gasteiger partial charge < -0.3 is 4.90 Å². The number of aryl methyl sites for hydroxylation is 2. The monoisotopic (exact) mass is 410 g/mol. The first-order valence-electron chi connectivity index (χ1n) is 9.63. The minimum Gasteiger partial charge on any atom is -0.335 e. The summed E-state index contributed by atoms with van der Waals surface area (Å²) in [5.41, 5.74) is 3.17. The molecule has 1 saturated heterocycles. The van der Waals surface area contributed by atoms with Gasteiger partial charge in [0.2, 0.25) is 0 Å². The molecule has 1 amide bonds. The van der Waals surface area contributed by atoms with E-state index in [0.717, 1.165) is 36.7 Å². The van der Waals surface area contributed by atoms with E-state index in [1.807, 2.05) is 43.0 Å². The molecule has 1 fully saturated rings. The number of aromatic nitrogens is 4. The molecule has 1 aliphatic rings. The first kappa shape index (κ1) is 19.5. The molecule has 0 aliphatic carbocycles. The number of nitrogens with zero attached hydrogens (tertiary/aromatic N) is 6. The van der Waals surface area contributed by atoms with Gasteiger partial charge in [-0.2, -0.15) is 5.10 Å². The second kappa shape index (κ2) is 8.31. The minimum atomic E-state index is -0.143. The summed E-state index contributed by atoms with van der Waals surface area (Å²) in [6.45, 7) is 7.51. The predicted molar refractivity (Wildman–Crippen MR) is 111 cm³/mol. The van der Waals surface area contributed by atoms with Crippen LogP contribution in [0.15, 0.2) is 42.6 Å². The summed E-state index contributed by atoms with van der Waals surface area (Å²) in [7, 11) is 0. The van der Waals surface area contributed by atoms with E-state index < -0.39 is 0 Å². The third-order valence-corrected chi connectivity index (χ3v) is 5.34. The maximum atomic E-state index is 13.1. The zero-order valence-corrected chi connectivity index (χ0v) is 17.3. The van der Waals surface area contributed by atoms with Gasteiger partial charge in [0.05, 0.1) is 16.4 Å². The number of hydrogen-bond donors (Lipinski definition) is 0. The van der Waals surface area contributed by atoms with Crippen molar-refractivity contribution < 1.29 is 4.79 Å². The highest BCUT2D eigenvalue weighted by molar-refractivity contribution is 6.33. The van der Waals surface area contributed by atoms with Crippen LogP contribution in [0.1, 0.15) is 27.6 Å². The molecule has 0 bridgehead atoms.